The molecule has 0 aliphatic carbocycles. The lowest BCUT2D eigenvalue weighted by Gasteiger charge is -2.12. The van der Waals surface area contributed by atoms with Crippen LogP contribution < -0.4 is 15.9 Å². The van der Waals surface area contributed by atoms with E-state index < -0.39 is 5.03 Å². The molecule has 1 aromatic carbocycles. The Hall–Kier alpha value is -1.82. The normalized spacial score (nSPS) is 9.73. The standard InChI is InChI=1S/C9H14N4O2/c1-12(2)9-5-3-8(4-6-9)7-10-11-13(14)15/h3-6,10-11H,7H2,1-2H3. The molecule has 1 aromatic rings. The van der Waals surface area contributed by atoms with E-state index in [0.29, 0.717) is 6.54 Å². The maximum absolute atomic E-state index is 9.96. The van der Waals surface area contributed by atoms with Crippen molar-refractivity contribution in [1.29, 1.82) is 0 Å². The van der Waals surface area contributed by atoms with Crippen LogP contribution in [0.25, 0.3) is 0 Å². The minimum absolute atomic E-state index is 0.411. The maximum Gasteiger partial charge on any atom is 0.173 e. The second-order valence-corrected chi connectivity index (χ2v) is 3.28. The third-order valence-corrected chi connectivity index (χ3v) is 1.92. The second kappa shape index (κ2) is 5.16. The summed E-state index contributed by atoms with van der Waals surface area (Å²) >= 11 is 0. The summed E-state index contributed by atoms with van der Waals surface area (Å²) < 4.78 is 0. The number of anilines is 1. The molecule has 0 bridgehead atoms. The van der Waals surface area contributed by atoms with Gasteiger partial charge in [-0.15, -0.1) is 0 Å². The summed E-state index contributed by atoms with van der Waals surface area (Å²) in [5.74, 6) is 0. The Labute approximate surface area is 88.0 Å². The van der Waals surface area contributed by atoms with Crippen LogP contribution >= 0.6 is 0 Å². The predicted octanol–water partition coefficient (Wildman–Crippen LogP) is 0.539. The molecule has 0 radical (unpaired) electrons. The summed E-state index contributed by atoms with van der Waals surface area (Å²) in [6.07, 6.45) is 0. The first-order valence-electron chi connectivity index (χ1n) is 4.49. The van der Waals surface area contributed by atoms with E-state index in [1.165, 1.54) is 0 Å². The Bertz CT molecular complexity index is 323. The molecule has 0 saturated heterocycles. The number of nitrogens with one attached hydrogen (secondary N) is 2. The van der Waals surface area contributed by atoms with Gasteiger partial charge in [0.1, 0.15) is 0 Å². The van der Waals surface area contributed by atoms with Crippen LogP contribution in [-0.4, -0.2) is 19.1 Å². The molecule has 6 heteroatoms. The minimum Gasteiger partial charge on any atom is -0.378 e. The van der Waals surface area contributed by atoms with Gasteiger partial charge in [-0.1, -0.05) is 17.7 Å². The summed E-state index contributed by atoms with van der Waals surface area (Å²) in [6, 6.07) is 7.76. The number of nitrogens with zero attached hydrogens (tertiary/aromatic N) is 2. The molecular weight excluding hydrogens is 196 g/mol. The number of rotatable bonds is 5. The van der Waals surface area contributed by atoms with E-state index in [2.05, 4.69) is 5.43 Å². The predicted molar refractivity (Wildman–Crippen MR) is 57.7 cm³/mol. The molecule has 6 nitrogen and oxygen atoms in total. The Morgan fingerprint density at radius 2 is 1.93 bits per heavy atom. The lowest BCUT2D eigenvalue weighted by molar-refractivity contribution is -0.555. The zero-order chi connectivity index (χ0) is 11.3. The summed E-state index contributed by atoms with van der Waals surface area (Å²) in [5, 5.41) is 9.33. The number of hydrogen-bond acceptors (Lipinski definition) is 4. The van der Waals surface area contributed by atoms with E-state index in [0.717, 1.165) is 11.3 Å². The van der Waals surface area contributed by atoms with Crippen LogP contribution in [0, 0.1) is 10.1 Å². The van der Waals surface area contributed by atoms with Crippen molar-refractivity contribution >= 4 is 5.69 Å². The van der Waals surface area contributed by atoms with E-state index in [4.69, 9.17) is 0 Å². The molecule has 0 saturated carbocycles. The summed E-state index contributed by atoms with van der Waals surface area (Å²) in [5.41, 5.74) is 6.46. The summed E-state index contributed by atoms with van der Waals surface area (Å²) in [7, 11) is 3.92. The number of benzene rings is 1. The van der Waals surface area contributed by atoms with Crippen molar-refractivity contribution in [1.82, 2.24) is 11.0 Å². The Balaban J connectivity index is 2.46. The van der Waals surface area contributed by atoms with Gasteiger partial charge < -0.3 is 4.90 Å². The molecule has 0 fully saturated rings. The highest BCUT2D eigenvalue weighted by molar-refractivity contribution is 5.45. The van der Waals surface area contributed by atoms with Crippen LogP contribution in [0.1, 0.15) is 5.56 Å². The fraction of sp³-hybridized carbons (Fsp3) is 0.333. The highest BCUT2D eigenvalue weighted by Crippen LogP contribution is 2.11. The fourth-order valence-electron chi connectivity index (χ4n) is 1.12. The third kappa shape index (κ3) is 3.82. The van der Waals surface area contributed by atoms with E-state index in [-0.39, 0.29) is 0 Å². The Morgan fingerprint density at radius 3 is 2.40 bits per heavy atom. The SMILES string of the molecule is CN(C)c1ccc(CNN[N+](=O)[O-])cc1. The number of hydrogen-bond donors (Lipinski definition) is 2. The van der Waals surface area contributed by atoms with E-state index in [1.54, 1.807) is 0 Å². The molecule has 0 spiro atoms. The largest absolute Gasteiger partial charge is 0.378 e. The molecule has 0 aromatic heterocycles. The molecule has 0 amide bonds. The Kier molecular flexibility index (Phi) is 3.87. The van der Waals surface area contributed by atoms with Gasteiger partial charge in [0.15, 0.2) is 5.03 Å². The zero-order valence-electron chi connectivity index (χ0n) is 8.73. The monoisotopic (exact) mass is 210 g/mol. The topological polar surface area (TPSA) is 70.4 Å². The molecule has 0 aliphatic rings. The first kappa shape index (κ1) is 11.3. The lowest BCUT2D eigenvalue weighted by Crippen LogP contribution is -2.35. The van der Waals surface area contributed by atoms with Crippen molar-refractivity contribution in [2.75, 3.05) is 19.0 Å². The van der Waals surface area contributed by atoms with Crippen molar-refractivity contribution in [2.45, 2.75) is 6.54 Å². The average Bonchev–Trinajstić information content (AvgIpc) is 2.18. The lowest BCUT2D eigenvalue weighted by atomic mass is 10.2. The van der Waals surface area contributed by atoms with E-state index in [1.807, 2.05) is 48.8 Å². The molecule has 82 valence electrons. The number of nitro groups is 1. The van der Waals surface area contributed by atoms with Crippen LogP contribution in [0.2, 0.25) is 0 Å². The van der Waals surface area contributed by atoms with Crippen LogP contribution in [0.3, 0.4) is 0 Å². The summed E-state index contributed by atoms with van der Waals surface area (Å²) in [6.45, 7) is 0.411. The van der Waals surface area contributed by atoms with Crippen molar-refractivity contribution in [3.8, 4) is 0 Å². The zero-order valence-corrected chi connectivity index (χ0v) is 8.73. The second-order valence-electron chi connectivity index (χ2n) is 3.28. The first-order chi connectivity index (χ1) is 7.09. The first-order valence-corrected chi connectivity index (χ1v) is 4.49. The molecule has 2 N–H and O–H groups in total. The van der Waals surface area contributed by atoms with Crippen molar-refractivity contribution in [3.05, 3.63) is 39.9 Å². The summed E-state index contributed by atoms with van der Waals surface area (Å²) in [4.78, 5) is 12.0. The quantitative estimate of drug-likeness (QED) is 0.548. The van der Waals surface area contributed by atoms with Crippen LogP contribution in [0.5, 0.6) is 0 Å². The molecular formula is C9H14N4O2. The van der Waals surface area contributed by atoms with Crippen LogP contribution in [0.15, 0.2) is 24.3 Å². The van der Waals surface area contributed by atoms with Crippen LogP contribution in [0.4, 0.5) is 5.69 Å². The minimum atomic E-state index is -0.631. The fourth-order valence-corrected chi connectivity index (χ4v) is 1.12. The van der Waals surface area contributed by atoms with Gasteiger partial charge >= 0.3 is 0 Å². The van der Waals surface area contributed by atoms with Crippen molar-refractivity contribution in [2.24, 2.45) is 0 Å². The van der Waals surface area contributed by atoms with Crippen LogP contribution in [-0.2, 0) is 6.54 Å². The molecule has 15 heavy (non-hydrogen) atoms. The third-order valence-electron chi connectivity index (χ3n) is 1.92. The average molecular weight is 210 g/mol. The van der Waals surface area contributed by atoms with Gasteiger partial charge in [-0.2, -0.15) is 5.43 Å². The highest BCUT2D eigenvalue weighted by Gasteiger charge is 1.97. The molecule has 0 heterocycles. The molecule has 0 aliphatic heterocycles. The van der Waals surface area contributed by atoms with E-state index >= 15 is 0 Å². The Morgan fingerprint density at radius 1 is 1.33 bits per heavy atom. The van der Waals surface area contributed by atoms with Gasteiger partial charge in [-0.05, 0) is 17.7 Å². The molecule has 0 unspecified atom stereocenters. The van der Waals surface area contributed by atoms with Gasteiger partial charge in [0.05, 0.1) is 0 Å². The number of hydrazine groups is 2. The van der Waals surface area contributed by atoms with Gasteiger partial charge in [-0.3, -0.25) is 0 Å². The smallest absolute Gasteiger partial charge is 0.173 e. The molecule has 1 rings (SSSR count). The molecule has 0 atom stereocenters. The van der Waals surface area contributed by atoms with Gasteiger partial charge in [0.2, 0.25) is 0 Å². The van der Waals surface area contributed by atoms with Crippen molar-refractivity contribution < 1.29 is 5.03 Å². The van der Waals surface area contributed by atoms with E-state index in [9.17, 15) is 10.1 Å². The maximum atomic E-state index is 9.96. The van der Waals surface area contributed by atoms with Gasteiger partial charge in [0.25, 0.3) is 0 Å². The van der Waals surface area contributed by atoms with Gasteiger partial charge in [-0.25, -0.2) is 10.1 Å². The van der Waals surface area contributed by atoms with Crippen molar-refractivity contribution in [3.63, 3.8) is 0 Å². The van der Waals surface area contributed by atoms with Gasteiger partial charge in [0, 0.05) is 26.3 Å². The highest BCUT2D eigenvalue weighted by atomic mass is 16.7.